The average molecular weight is 669 g/mol. The molecule has 0 N–H and O–H groups in total. The lowest BCUT2D eigenvalue weighted by Gasteiger charge is -2.27. The van der Waals surface area contributed by atoms with Gasteiger partial charge in [-0.3, -0.25) is 0 Å². The Morgan fingerprint density at radius 3 is 0.918 bits per heavy atom. The van der Waals surface area contributed by atoms with Crippen molar-refractivity contribution in [1.29, 1.82) is 0 Å². The standard InChI is InChI=1S/C45H34O2P2/c46-48(36-19-5-1-6-20-36,37-21-7-2-8-22-37)44-31-29-34-17-13-15-27-40(34)42(44)33-43-41-28-16-14-18-35(41)30-32-45(43)49(47,38-23-9-3-10-24-38)39-25-11-4-12-26-39/h1-32H,33H2. The Morgan fingerprint density at radius 2 is 0.592 bits per heavy atom. The Kier molecular flexibility index (Phi) is 8.22. The van der Waals surface area contributed by atoms with Gasteiger partial charge in [0.05, 0.1) is 0 Å². The van der Waals surface area contributed by atoms with Gasteiger partial charge in [-0.25, -0.2) is 0 Å². The van der Waals surface area contributed by atoms with Gasteiger partial charge in [0.25, 0.3) is 0 Å². The van der Waals surface area contributed by atoms with Crippen molar-refractivity contribution in [2.75, 3.05) is 0 Å². The first-order valence-electron chi connectivity index (χ1n) is 16.5. The molecule has 0 saturated heterocycles. The Balaban J connectivity index is 1.47. The van der Waals surface area contributed by atoms with E-state index in [0.29, 0.717) is 6.42 Å². The predicted molar refractivity (Wildman–Crippen MR) is 209 cm³/mol. The molecule has 0 fully saturated rings. The molecule has 0 spiro atoms. The molecular weight excluding hydrogens is 634 g/mol. The van der Waals surface area contributed by atoms with Gasteiger partial charge in [0, 0.05) is 38.2 Å². The fourth-order valence-electron chi connectivity index (χ4n) is 7.19. The lowest BCUT2D eigenvalue weighted by Crippen LogP contribution is -2.30. The van der Waals surface area contributed by atoms with Crippen molar-refractivity contribution in [2.45, 2.75) is 6.42 Å². The van der Waals surface area contributed by atoms with Crippen molar-refractivity contribution < 1.29 is 9.13 Å². The molecule has 2 nitrogen and oxygen atoms in total. The summed E-state index contributed by atoms with van der Waals surface area (Å²) in [6.07, 6.45) is 0.445. The number of benzene rings is 8. The van der Waals surface area contributed by atoms with Crippen LogP contribution in [0.2, 0.25) is 0 Å². The van der Waals surface area contributed by atoms with Crippen LogP contribution >= 0.6 is 14.3 Å². The van der Waals surface area contributed by atoms with Gasteiger partial charge in [0.2, 0.25) is 0 Å². The zero-order chi connectivity index (χ0) is 33.3. The normalized spacial score (nSPS) is 11.9. The van der Waals surface area contributed by atoms with Crippen molar-refractivity contribution >= 4 is 67.7 Å². The molecule has 0 aliphatic heterocycles. The first-order valence-corrected chi connectivity index (χ1v) is 19.9. The maximum absolute atomic E-state index is 16.0. The molecule has 8 rings (SSSR count). The van der Waals surface area contributed by atoms with Gasteiger partial charge in [0.1, 0.15) is 0 Å². The van der Waals surface area contributed by atoms with E-state index < -0.39 is 14.3 Å². The van der Waals surface area contributed by atoms with Crippen LogP contribution in [0.15, 0.2) is 194 Å². The summed E-state index contributed by atoms with van der Waals surface area (Å²) in [6, 6.07) is 64.4. The monoisotopic (exact) mass is 668 g/mol. The van der Waals surface area contributed by atoms with Crippen LogP contribution < -0.4 is 31.8 Å². The molecular formula is C45H34O2P2. The summed E-state index contributed by atoms with van der Waals surface area (Å²) in [5.74, 6) is 0. The smallest absolute Gasteiger partial charge is 0.171 e. The summed E-state index contributed by atoms with van der Waals surface area (Å²) in [4.78, 5) is 0. The van der Waals surface area contributed by atoms with E-state index in [9.17, 15) is 0 Å². The van der Waals surface area contributed by atoms with Crippen LogP contribution in [0.1, 0.15) is 11.1 Å². The highest BCUT2D eigenvalue weighted by Gasteiger charge is 2.36. The van der Waals surface area contributed by atoms with Crippen molar-refractivity contribution in [3.05, 3.63) is 205 Å². The SMILES string of the molecule is O=P(c1ccccc1)(c1ccccc1)c1ccc2ccccc2c1Cc1c(P(=O)(c2ccccc2)c2ccccc2)ccc2ccccc12. The van der Waals surface area contributed by atoms with E-state index in [2.05, 4.69) is 60.7 Å². The second kappa shape index (κ2) is 13.0. The number of hydrogen-bond acceptors (Lipinski definition) is 2. The van der Waals surface area contributed by atoms with Gasteiger partial charge in [-0.05, 0) is 44.8 Å². The molecule has 8 aromatic carbocycles. The molecule has 0 heterocycles. The van der Waals surface area contributed by atoms with Crippen molar-refractivity contribution in [2.24, 2.45) is 0 Å². The molecule has 0 aliphatic carbocycles. The zero-order valence-corrected chi connectivity index (χ0v) is 28.7. The Labute approximate surface area is 287 Å². The second-order valence-electron chi connectivity index (χ2n) is 12.3. The van der Waals surface area contributed by atoms with Gasteiger partial charge in [-0.15, -0.1) is 0 Å². The van der Waals surface area contributed by atoms with Crippen LogP contribution in [0.4, 0.5) is 0 Å². The fourth-order valence-corrected chi connectivity index (χ4v) is 13.0. The summed E-state index contributed by atoms with van der Waals surface area (Å²) in [5, 5.41) is 8.99. The fraction of sp³-hybridized carbons (Fsp3) is 0.0222. The van der Waals surface area contributed by atoms with Crippen LogP contribution in [-0.2, 0) is 15.6 Å². The minimum atomic E-state index is -3.36. The minimum absolute atomic E-state index is 0.445. The molecule has 0 aliphatic rings. The molecule has 0 saturated carbocycles. The molecule has 0 radical (unpaired) electrons. The van der Waals surface area contributed by atoms with E-state index in [1.165, 1.54) is 0 Å². The first kappa shape index (κ1) is 31.0. The Hall–Kier alpha value is -5.26. The third kappa shape index (κ3) is 5.39. The van der Waals surface area contributed by atoms with Gasteiger partial charge < -0.3 is 9.13 Å². The van der Waals surface area contributed by atoms with Crippen LogP contribution in [0.3, 0.4) is 0 Å². The lowest BCUT2D eigenvalue weighted by atomic mass is 9.95. The molecule has 8 aromatic rings. The Bertz CT molecular complexity index is 2250. The molecule has 49 heavy (non-hydrogen) atoms. The number of hydrogen-bond donors (Lipinski definition) is 0. The van der Waals surface area contributed by atoms with Crippen LogP contribution in [0.25, 0.3) is 21.5 Å². The summed E-state index contributed by atoms with van der Waals surface area (Å²) in [6.45, 7) is 0. The van der Waals surface area contributed by atoms with E-state index in [1.807, 2.05) is 133 Å². The van der Waals surface area contributed by atoms with E-state index >= 15 is 9.13 Å². The summed E-state index contributed by atoms with van der Waals surface area (Å²) < 4.78 is 32.0. The first-order chi connectivity index (χ1) is 24.1. The molecule has 236 valence electrons. The number of rotatable bonds is 8. The van der Waals surface area contributed by atoms with Gasteiger partial charge >= 0.3 is 0 Å². The Morgan fingerprint density at radius 1 is 0.306 bits per heavy atom. The highest BCUT2D eigenvalue weighted by Crippen LogP contribution is 2.47. The van der Waals surface area contributed by atoms with Crippen molar-refractivity contribution in [1.82, 2.24) is 0 Å². The largest absolute Gasteiger partial charge is 0.309 e. The van der Waals surface area contributed by atoms with Gasteiger partial charge in [-0.2, -0.15) is 0 Å². The topological polar surface area (TPSA) is 34.1 Å². The van der Waals surface area contributed by atoms with Crippen molar-refractivity contribution in [3.8, 4) is 0 Å². The molecule has 0 amide bonds. The maximum atomic E-state index is 16.0. The van der Waals surface area contributed by atoms with Gasteiger partial charge in [0.15, 0.2) is 14.3 Å². The second-order valence-corrected chi connectivity index (χ2v) is 17.8. The van der Waals surface area contributed by atoms with E-state index in [4.69, 9.17) is 0 Å². The average Bonchev–Trinajstić information content (AvgIpc) is 3.19. The lowest BCUT2D eigenvalue weighted by molar-refractivity contribution is 0.591. The zero-order valence-electron chi connectivity index (χ0n) is 26.9. The van der Waals surface area contributed by atoms with Crippen LogP contribution in [0.5, 0.6) is 0 Å². The maximum Gasteiger partial charge on any atom is 0.171 e. The summed E-state index contributed by atoms with van der Waals surface area (Å²) in [7, 11) is -6.71. The predicted octanol–water partition coefficient (Wildman–Crippen LogP) is 8.86. The summed E-state index contributed by atoms with van der Waals surface area (Å²) in [5.41, 5.74) is 1.97. The highest BCUT2D eigenvalue weighted by atomic mass is 31.2. The van der Waals surface area contributed by atoms with Crippen molar-refractivity contribution in [3.63, 3.8) is 0 Å². The third-order valence-corrected chi connectivity index (χ3v) is 15.8. The third-order valence-electron chi connectivity index (χ3n) is 9.54. The van der Waals surface area contributed by atoms with E-state index in [1.54, 1.807) is 0 Å². The van der Waals surface area contributed by atoms with Crippen LogP contribution in [0, 0.1) is 0 Å². The molecule has 0 bridgehead atoms. The minimum Gasteiger partial charge on any atom is -0.309 e. The molecule has 0 atom stereocenters. The van der Waals surface area contributed by atoms with E-state index in [0.717, 1.165) is 64.5 Å². The number of fused-ring (bicyclic) bond motifs is 2. The quantitative estimate of drug-likeness (QED) is 0.152. The molecule has 0 aromatic heterocycles. The van der Waals surface area contributed by atoms with Gasteiger partial charge in [-0.1, -0.05) is 182 Å². The molecule has 0 unspecified atom stereocenters. The summed E-state index contributed by atoms with van der Waals surface area (Å²) >= 11 is 0. The highest BCUT2D eigenvalue weighted by molar-refractivity contribution is 7.86. The van der Waals surface area contributed by atoms with E-state index in [-0.39, 0.29) is 0 Å². The van der Waals surface area contributed by atoms with Crippen LogP contribution in [-0.4, -0.2) is 0 Å². The molecule has 4 heteroatoms.